The summed E-state index contributed by atoms with van der Waals surface area (Å²) in [6.07, 6.45) is 1.03. The Balaban J connectivity index is 1.32. The second kappa shape index (κ2) is 8.59. The molecule has 1 saturated heterocycles. The molecule has 0 bridgehead atoms. The number of carbonyl (C=O) groups is 1. The fraction of sp³-hybridized carbons (Fsp3) is 0.273. The van der Waals surface area contributed by atoms with Gasteiger partial charge in [0.1, 0.15) is 0 Å². The van der Waals surface area contributed by atoms with Crippen LogP contribution in [0.3, 0.4) is 0 Å². The van der Waals surface area contributed by atoms with E-state index in [1.807, 2.05) is 23.1 Å². The maximum atomic E-state index is 12.8. The fourth-order valence-corrected chi connectivity index (χ4v) is 3.61. The number of carbonyl (C=O) groups excluding carboxylic acids is 1. The van der Waals surface area contributed by atoms with E-state index >= 15 is 0 Å². The van der Waals surface area contributed by atoms with Gasteiger partial charge in [-0.3, -0.25) is 9.69 Å². The summed E-state index contributed by atoms with van der Waals surface area (Å²) in [4.78, 5) is 17.0. The van der Waals surface area contributed by atoms with Crippen LogP contribution in [0.1, 0.15) is 16.1 Å². The molecule has 1 aliphatic heterocycles. The van der Waals surface area contributed by atoms with Crippen LogP contribution in [0, 0.1) is 0 Å². The number of halogens is 1. The highest BCUT2D eigenvalue weighted by molar-refractivity contribution is 6.30. The van der Waals surface area contributed by atoms with Gasteiger partial charge in [0, 0.05) is 49.4 Å². The molecule has 1 aliphatic rings. The molecule has 4 rings (SSSR count). The topological polar surface area (TPSA) is 49.6 Å². The standard InChI is InChI=1S/C22H22ClN3O2/c23-19-8-4-7-18(15-19)21-16-20(24-28-21)22(27)26-13-11-25(12-14-26)10-9-17-5-2-1-3-6-17/h1-8,15-16H,9-14H2. The molecule has 0 saturated carbocycles. The minimum Gasteiger partial charge on any atom is -0.355 e. The Morgan fingerprint density at radius 1 is 1.00 bits per heavy atom. The maximum absolute atomic E-state index is 12.8. The van der Waals surface area contributed by atoms with E-state index in [4.69, 9.17) is 16.1 Å². The van der Waals surface area contributed by atoms with Gasteiger partial charge in [-0.25, -0.2) is 0 Å². The van der Waals surface area contributed by atoms with Crippen molar-refractivity contribution < 1.29 is 9.32 Å². The molecule has 0 radical (unpaired) electrons. The van der Waals surface area contributed by atoms with Crippen LogP contribution in [0.5, 0.6) is 0 Å². The van der Waals surface area contributed by atoms with E-state index in [1.165, 1.54) is 5.56 Å². The molecule has 2 aromatic carbocycles. The van der Waals surface area contributed by atoms with Crippen LogP contribution >= 0.6 is 11.6 Å². The number of rotatable bonds is 5. The summed E-state index contributed by atoms with van der Waals surface area (Å²) >= 11 is 6.02. The summed E-state index contributed by atoms with van der Waals surface area (Å²) in [7, 11) is 0. The SMILES string of the molecule is O=C(c1cc(-c2cccc(Cl)c2)on1)N1CCN(CCc2ccccc2)CC1. The van der Waals surface area contributed by atoms with Gasteiger partial charge in [-0.2, -0.15) is 0 Å². The molecule has 0 atom stereocenters. The van der Waals surface area contributed by atoms with Gasteiger partial charge in [0.05, 0.1) is 0 Å². The average Bonchev–Trinajstić information content (AvgIpc) is 3.23. The average molecular weight is 396 g/mol. The van der Waals surface area contributed by atoms with E-state index in [2.05, 4.69) is 34.3 Å². The molecule has 1 aromatic heterocycles. The second-order valence-electron chi connectivity index (χ2n) is 6.96. The molecule has 6 heteroatoms. The van der Waals surface area contributed by atoms with E-state index in [1.54, 1.807) is 18.2 Å². The Morgan fingerprint density at radius 3 is 2.54 bits per heavy atom. The number of benzene rings is 2. The third-order valence-corrected chi connectivity index (χ3v) is 5.29. The molecule has 28 heavy (non-hydrogen) atoms. The minimum absolute atomic E-state index is 0.0836. The van der Waals surface area contributed by atoms with Crippen molar-refractivity contribution in [2.24, 2.45) is 0 Å². The molecule has 3 aromatic rings. The zero-order valence-corrected chi connectivity index (χ0v) is 16.3. The van der Waals surface area contributed by atoms with Crippen molar-refractivity contribution in [1.82, 2.24) is 15.0 Å². The Morgan fingerprint density at radius 2 is 1.79 bits per heavy atom. The zero-order valence-electron chi connectivity index (χ0n) is 15.6. The Labute approximate surface area is 169 Å². The summed E-state index contributed by atoms with van der Waals surface area (Å²) < 4.78 is 5.36. The van der Waals surface area contributed by atoms with Gasteiger partial charge in [-0.1, -0.05) is 59.2 Å². The molecular formula is C22H22ClN3O2. The smallest absolute Gasteiger partial charge is 0.276 e. The summed E-state index contributed by atoms with van der Waals surface area (Å²) in [5.41, 5.74) is 2.50. The molecule has 0 aliphatic carbocycles. The highest BCUT2D eigenvalue weighted by Gasteiger charge is 2.24. The van der Waals surface area contributed by atoms with Gasteiger partial charge in [0.2, 0.25) is 0 Å². The minimum atomic E-state index is -0.0836. The van der Waals surface area contributed by atoms with Gasteiger partial charge < -0.3 is 9.42 Å². The predicted molar refractivity (Wildman–Crippen MR) is 109 cm³/mol. The Bertz CT molecular complexity index is 934. The molecule has 0 spiro atoms. The molecule has 2 heterocycles. The number of hydrogen-bond donors (Lipinski definition) is 0. The normalized spacial score (nSPS) is 15.0. The van der Waals surface area contributed by atoms with Crippen LogP contribution in [0.4, 0.5) is 0 Å². The van der Waals surface area contributed by atoms with Crippen molar-refractivity contribution in [2.75, 3.05) is 32.7 Å². The zero-order chi connectivity index (χ0) is 19.3. The molecule has 0 unspecified atom stereocenters. The van der Waals surface area contributed by atoms with E-state index in [0.717, 1.165) is 31.6 Å². The number of hydrogen-bond acceptors (Lipinski definition) is 4. The van der Waals surface area contributed by atoms with Gasteiger partial charge >= 0.3 is 0 Å². The monoisotopic (exact) mass is 395 g/mol. The van der Waals surface area contributed by atoms with Crippen LogP contribution < -0.4 is 0 Å². The highest BCUT2D eigenvalue weighted by Crippen LogP contribution is 2.24. The largest absolute Gasteiger partial charge is 0.355 e. The third-order valence-electron chi connectivity index (χ3n) is 5.06. The van der Waals surface area contributed by atoms with Gasteiger partial charge in [0.25, 0.3) is 5.91 Å². The number of piperazine rings is 1. The molecule has 1 fully saturated rings. The van der Waals surface area contributed by atoms with Gasteiger partial charge in [-0.05, 0) is 24.1 Å². The first-order valence-electron chi connectivity index (χ1n) is 9.47. The van der Waals surface area contributed by atoms with E-state index in [9.17, 15) is 4.79 Å². The molecule has 1 amide bonds. The van der Waals surface area contributed by atoms with Crippen molar-refractivity contribution in [1.29, 1.82) is 0 Å². The molecule has 144 valence electrons. The molecule has 5 nitrogen and oxygen atoms in total. The predicted octanol–water partition coefficient (Wildman–Crippen LogP) is 4.00. The van der Waals surface area contributed by atoms with Crippen LogP contribution in [-0.2, 0) is 6.42 Å². The van der Waals surface area contributed by atoms with Crippen molar-refractivity contribution in [3.8, 4) is 11.3 Å². The lowest BCUT2D eigenvalue weighted by Gasteiger charge is -2.34. The lowest BCUT2D eigenvalue weighted by molar-refractivity contribution is 0.0628. The lowest BCUT2D eigenvalue weighted by Crippen LogP contribution is -2.49. The maximum Gasteiger partial charge on any atom is 0.276 e. The van der Waals surface area contributed by atoms with E-state index in [0.29, 0.717) is 29.6 Å². The summed E-state index contributed by atoms with van der Waals surface area (Å²) in [6, 6.07) is 19.5. The number of nitrogens with zero attached hydrogens (tertiary/aromatic N) is 3. The second-order valence-corrected chi connectivity index (χ2v) is 7.39. The molecule has 0 N–H and O–H groups in total. The summed E-state index contributed by atoms with van der Waals surface area (Å²) in [5, 5.41) is 4.59. The van der Waals surface area contributed by atoms with E-state index in [-0.39, 0.29) is 5.91 Å². The number of amides is 1. The van der Waals surface area contributed by atoms with Gasteiger partial charge in [0.15, 0.2) is 11.5 Å². The van der Waals surface area contributed by atoms with Crippen molar-refractivity contribution in [3.63, 3.8) is 0 Å². The third kappa shape index (κ3) is 4.43. The Hall–Kier alpha value is -2.63. The Kier molecular flexibility index (Phi) is 5.74. The lowest BCUT2D eigenvalue weighted by atomic mass is 10.1. The van der Waals surface area contributed by atoms with Crippen LogP contribution in [-0.4, -0.2) is 53.6 Å². The van der Waals surface area contributed by atoms with E-state index < -0.39 is 0 Å². The first-order chi connectivity index (χ1) is 13.7. The van der Waals surface area contributed by atoms with Crippen molar-refractivity contribution in [3.05, 3.63) is 76.9 Å². The molecular weight excluding hydrogens is 374 g/mol. The summed E-state index contributed by atoms with van der Waals surface area (Å²) in [6.45, 7) is 4.16. The van der Waals surface area contributed by atoms with Crippen LogP contribution in [0.25, 0.3) is 11.3 Å². The fourth-order valence-electron chi connectivity index (χ4n) is 3.42. The van der Waals surface area contributed by atoms with Gasteiger partial charge in [-0.15, -0.1) is 0 Å². The highest BCUT2D eigenvalue weighted by atomic mass is 35.5. The quantitative estimate of drug-likeness (QED) is 0.655. The van der Waals surface area contributed by atoms with Crippen LogP contribution in [0.15, 0.2) is 65.2 Å². The van der Waals surface area contributed by atoms with Crippen molar-refractivity contribution >= 4 is 17.5 Å². The van der Waals surface area contributed by atoms with Crippen LogP contribution in [0.2, 0.25) is 5.02 Å². The first kappa shape index (κ1) is 18.7. The first-order valence-corrected chi connectivity index (χ1v) is 9.85. The number of aromatic nitrogens is 1. The van der Waals surface area contributed by atoms with Crippen molar-refractivity contribution in [2.45, 2.75) is 6.42 Å². The summed E-state index contributed by atoms with van der Waals surface area (Å²) in [5.74, 6) is 0.465.